The van der Waals surface area contributed by atoms with Gasteiger partial charge in [-0.1, -0.05) is 34.1 Å². The number of nitrogens with zero attached hydrogens (tertiary/aromatic N) is 1. The predicted octanol–water partition coefficient (Wildman–Crippen LogP) is 4.32. The van der Waals surface area contributed by atoms with Gasteiger partial charge in [-0.2, -0.15) is 0 Å². The first-order chi connectivity index (χ1) is 10.1. The highest BCUT2D eigenvalue weighted by molar-refractivity contribution is 9.10. The molecular weight excluding hydrogens is 340 g/mol. The van der Waals surface area contributed by atoms with Crippen molar-refractivity contribution in [1.29, 1.82) is 0 Å². The summed E-state index contributed by atoms with van der Waals surface area (Å²) in [7, 11) is 0. The van der Waals surface area contributed by atoms with Crippen LogP contribution in [0, 0.1) is 11.6 Å². The molecule has 1 aliphatic rings. The Morgan fingerprint density at radius 3 is 2.52 bits per heavy atom. The lowest BCUT2D eigenvalue weighted by molar-refractivity contribution is 0.0977. The summed E-state index contributed by atoms with van der Waals surface area (Å²) in [6.07, 6.45) is 1.65. The molecule has 0 spiro atoms. The lowest BCUT2D eigenvalue weighted by atomic mass is 10.0. The predicted molar refractivity (Wildman–Crippen MR) is 80.5 cm³/mol. The molecule has 0 aliphatic carbocycles. The van der Waals surface area contributed by atoms with Gasteiger partial charge in [0.15, 0.2) is 0 Å². The first-order valence-corrected chi connectivity index (χ1v) is 7.41. The first-order valence-electron chi connectivity index (χ1n) is 6.62. The van der Waals surface area contributed by atoms with Gasteiger partial charge in [-0.3, -0.25) is 4.79 Å². The van der Waals surface area contributed by atoms with E-state index >= 15 is 0 Å². The second kappa shape index (κ2) is 5.56. The van der Waals surface area contributed by atoms with Crippen LogP contribution in [0.1, 0.15) is 22.3 Å². The van der Waals surface area contributed by atoms with Crippen LogP contribution in [0.5, 0.6) is 0 Å². The van der Waals surface area contributed by atoms with E-state index in [2.05, 4.69) is 15.9 Å². The number of hydrogen-bond donors (Lipinski definition) is 0. The summed E-state index contributed by atoms with van der Waals surface area (Å²) in [4.78, 5) is 14.0. The van der Waals surface area contributed by atoms with Crippen molar-refractivity contribution in [1.82, 2.24) is 0 Å². The standard InChI is InChI=1S/C16H12BrF2NO/c17-11-8-12(18)15(13(19)9-11)16(21)20-7-3-5-10-4-1-2-6-14(10)20/h1-2,4,6,8-9H,3,5,7H2. The van der Waals surface area contributed by atoms with Gasteiger partial charge in [-0.15, -0.1) is 0 Å². The number of halogens is 3. The van der Waals surface area contributed by atoms with Crippen molar-refractivity contribution in [3.8, 4) is 0 Å². The molecule has 0 atom stereocenters. The number of carbonyl (C=O) groups excluding carboxylic acids is 1. The van der Waals surface area contributed by atoms with Crippen LogP contribution in [-0.2, 0) is 6.42 Å². The van der Waals surface area contributed by atoms with Crippen molar-refractivity contribution in [2.24, 2.45) is 0 Å². The van der Waals surface area contributed by atoms with Crippen molar-refractivity contribution in [2.45, 2.75) is 12.8 Å². The van der Waals surface area contributed by atoms with Crippen LogP contribution in [0.4, 0.5) is 14.5 Å². The van der Waals surface area contributed by atoms with Gasteiger partial charge < -0.3 is 4.90 Å². The zero-order valence-corrected chi connectivity index (χ0v) is 12.7. The molecule has 0 aromatic heterocycles. The van der Waals surface area contributed by atoms with E-state index in [-0.39, 0.29) is 4.47 Å². The third-order valence-electron chi connectivity index (χ3n) is 3.58. The van der Waals surface area contributed by atoms with E-state index in [9.17, 15) is 13.6 Å². The Hall–Kier alpha value is -1.75. The minimum absolute atomic E-state index is 0.271. The van der Waals surface area contributed by atoms with Gasteiger partial charge in [-0.25, -0.2) is 8.78 Å². The van der Waals surface area contributed by atoms with E-state index in [1.54, 1.807) is 6.07 Å². The molecule has 2 aromatic carbocycles. The molecule has 3 rings (SSSR count). The highest BCUT2D eigenvalue weighted by Gasteiger charge is 2.27. The molecule has 5 heteroatoms. The highest BCUT2D eigenvalue weighted by atomic mass is 79.9. The summed E-state index contributed by atoms with van der Waals surface area (Å²) in [6, 6.07) is 9.66. The van der Waals surface area contributed by atoms with E-state index in [1.165, 1.54) is 4.90 Å². The first kappa shape index (κ1) is 14.2. The smallest absolute Gasteiger partial charge is 0.264 e. The van der Waals surface area contributed by atoms with Crippen LogP contribution < -0.4 is 4.90 Å². The summed E-state index contributed by atoms with van der Waals surface area (Å²) < 4.78 is 28.2. The number of benzene rings is 2. The SMILES string of the molecule is O=C(c1c(F)cc(Br)cc1F)N1CCCc2ccccc21. The van der Waals surface area contributed by atoms with Crippen LogP contribution in [-0.4, -0.2) is 12.5 Å². The van der Waals surface area contributed by atoms with E-state index in [0.717, 1.165) is 36.2 Å². The van der Waals surface area contributed by atoms with Gasteiger partial charge in [0.05, 0.1) is 0 Å². The monoisotopic (exact) mass is 351 g/mol. The molecule has 1 amide bonds. The fraction of sp³-hybridized carbons (Fsp3) is 0.188. The molecule has 1 aliphatic heterocycles. The zero-order valence-electron chi connectivity index (χ0n) is 11.1. The van der Waals surface area contributed by atoms with E-state index in [1.807, 2.05) is 18.2 Å². The van der Waals surface area contributed by atoms with Crippen molar-refractivity contribution >= 4 is 27.5 Å². The molecule has 2 nitrogen and oxygen atoms in total. The maximum absolute atomic E-state index is 14.0. The third kappa shape index (κ3) is 2.58. The molecule has 0 fully saturated rings. The number of para-hydroxylation sites is 1. The van der Waals surface area contributed by atoms with Crippen molar-refractivity contribution in [3.63, 3.8) is 0 Å². The lowest BCUT2D eigenvalue weighted by Crippen LogP contribution is -2.36. The Balaban J connectivity index is 2.05. The number of carbonyl (C=O) groups is 1. The third-order valence-corrected chi connectivity index (χ3v) is 4.03. The molecule has 21 heavy (non-hydrogen) atoms. The number of amides is 1. The summed E-state index contributed by atoms with van der Waals surface area (Å²) in [5.41, 5.74) is 1.25. The van der Waals surface area contributed by atoms with Crippen LogP contribution in [0.15, 0.2) is 40.9 Å². The fourth-order valence-electron chi connectivity index (χ4n) is 2.63. The molecule has 108 valence electrons. The molecule has 0 bridgehead atoms. The minimum atomic E-state index is -0.852. The number of fused-ring (bicyclic) bond motifs is 1. The van der Waals surface area contributed by atoms with Crippen LogP contribution in [0.3, 0.4) is 0 Å². The van der Waals surface area contributed by atoms with Gasteiger partial charge in [0.1, 0.15) is 17.2 Å². The molecule has 0 saturated heterocycles. The second-order valence-electron chi connectivity index (χ2n) is 4.93. The van der Waals surface area contributed by atoms with E-state index in [0.29, 0.717) is 6.54 Å². The maximum atomic E-state index is 14.0. The normalized spacial score (nSPS) is 14.0. The largest absolute Gasteiger partial charge is 0.308 e. The minimum Gasteiger partial charge on any atom is -0.308 e. The Morgan fingerprint density at radius 1 is 1.14 bits per heavy atom. The molecule has 0 saturated carbocycles. The topological polar surface area (TPSA) is 20.3 Å². The molecule has 0 radical (unpaired) electrons. The Kier molecular flexibility index (Phi) is 3.76. The van der Waals surface area contributed by atoms with Crippen LogP contribution in [0.25, 0.3) is 0 Å². The molecule has 0 N–H and O–H groups in total. The number of hydrogen-bond acceptors (Lipinski definition) is 1. The Labute approximate surface area is 129 Å². The summed E-state index contributed by atoms with van der Waals surface area (Å²) in [6.45, 7) is 0.463. The molecule has 0 unspecified atom stereocenters. The zero-order chi connectivity index (χ0) is 15.0. The molecule has 1 heterocycles. The summed E-state index contributed by atoms with van der Waals surface area (Å²) >= 11 is 3.01. The number of rotatable bonds is 1. The van der Waals surface area contributed by atoms with Crippen LogP contribution in [0.2, 0.25) is 0 Å². The van der Waals surface area contributed by atoms with E-state index in [4.69, 9.17) is 0 Å². The van der Waals surface area contributed by atoms with Crippen LogP contribution >= 0.6 is 15.9 Å². The fourth-order valence-corrected chi connectivity index (χ4v) is 3.03. The maximum Gasteiger partial charge on any atom is 0.264 e. The van der Waals surface area contributed by atoms with Gasteiger partial charge in [0.2, 0.25) is 0 Å². The van der Waals surface area contributed by atoms with Gasteiger partial charge >= 0.3 is 0 Å². The van der Waals surface area contributed by atoms with Crippen molar-refractivity contribution in [2.75, 3.05) is 11.4 Å². The molecular formula is C16H12BrF2NO. The van der Waals surface area contributed by atoms with E-state index < -0.39 is 23.1 Å². The quantitative estimate of drug-likeness (QED) is 0.749. The number of aryl methyl sites for hydroxylation is 1. The Bertz CT molecular complexity index is 694. The van der Waals surface area contributed by atoms with Crippen molar-refractivity contribution < 1.29 is 13.6 Å². The highest BCUT2D eigenvalue weighted by Crippen LogP contribution is 2.29. The second-order valence-corrected chi connectivity index (χ2v) is 5.85. The molecule has 2 aromatic rings. The summed E-state index contributed by atoms with van der Waals surface area (Å²) in [5.74, 6) is -2.34. The lowest BCUT2D eigenvalue weighted by Gasteiger charge is -2.29. The Morgan fingerprint density at radius 2 is 1.81 bits per heavy atom. The van der Waals surface area contributed by atoms with Gasteiger partial charge in [0.25, 0.3) is 5.91 Å². The van der Waals surface area contributed by atoms with Gasteiger partial charge in [0, 0.05) is 16.7 Å². The van der Waals surface area contributed by atoms with Gasteiger partial charge in [-0.05, 0) is 36.6 Å². The number of anilines is 1. The van der Waals surface area contributed by atoms with Crippen molar-refractivity contribution in [3.05, 3.63) is 63.6 Å². The average molecular weight is 352 g/mol. The average Bonchev–Trinajstić information content (AvgIpc) is 2.45. The summed E-state index contributed by atoms with van der Waals surface area (Å²) in [5, 5.41) is 0.